The quantitative estimate of drug-likeness (QED) is 0.630. The second kappa shape index (κ2) is 4.04. The van der Waals surface area contributed by atoms with Gasteiger partial charge in [0.05, 0.1) is 17.9 Å². The SMILES string of the molecule is CC(C)C(N)C(=O)Nc1cn[nH]c1. The Morgan fingerprint density at radius 3 is 2.85 bits per heavy atom. The van der Waals surface area contributed by atoms with Gasteiger partial charge in [0.25, 0.3) is 0 Å². The molecule has 1 unspecified atom stereocenters. The van der Waals surface area contributed by atoms with Gasteiger partial charge in [-0.2, -0.15) is 5.10 Å². The summed E-state index contributed by atoms with van der Waals surface area (Å²) in [7, 11) is 0. The molecular formula is C8H14N4O. The number of aromatic nitrogens is 2. The first-order chi connectivity index (χ1) is 6.11. The van der Waals surface area contributed by atoms with Gasteiger partial charge in [-0.25, -0.2) is 0 Å². The third-order valence-corrected chi connectivity index (χ3v) is 1.79. The van der Waals surface area contributed by atoms with E-state index in [0.29, 0.717) is 5.69 Å². The lowest BCUT2D eigenvalue weighted by Gasteiger charge is -2.13. The Kier molecular flexibility index (Phi) is 3.02. The molecule has 0 aliphatic carbocycles. The van der Waals surface area contributed by atoms with Crippen LogP contribution in [0.5, 0.6) is 0 Å². The Morgan fingerprint density at radius 2 is 2.38 bits per heavy atom. The van der Waals surface area contributed by atoms with Crippen molar-refractivity contribution in [3.8, 4) is 0 Å². The van der Waals surface area contributed by atoms with Gasteiger partial charge in [0.15, 0.2) is 0 Å². The van der Waals surface area contributed by atoms with Gasteiger partial charge in [0.1, 0.15) is 0 Å². The van der Waals surface area contributed by atoms with Crippen LogP contribution in [0.15, 0.2) is 12.4 Å². The Morgan fingerprint density at radius 1 is 1.69 bits per heavy atom. The summed E-state index contributed by atoms with van der Waals surface area (Å²) in [4.78, 5) is 11.4. The number of nitrogens with two attached hydrogens (primary N) is 1. The van der Waals surface area contributed by atoms with Crippen LogP contribution in [0, 0.1) is 5.92 Å². The first-order valence-electron chi connectivity index (χ1n) is 4.16. The molecule has 1 aromatic heterocycles. The average Bonchev–Trinajstić information content (AvgIpc) is 2.55. The van der Waals surface area contributed by atoms with Crippen LogP contribution in [0.25, 0.3) is 0 Å². The molecule has 0 saturated carbocycles. The highest BCUT2D eigenvalue weighted by molar-refractivity contribution is 5.94. The number of carbonyl (C=O) groups excluding carboxylic acids is 1. The summed E-state index contributed by atoms with van der Waals surface area (Å²) in [6.07, 6.45) is 3.13. The molecule has 5 heteroatoms. The minimum Gasteiger partial charge on any atom is -0.322 e. The molecule has 0 fully saturated rings. The van der Waals surface area contributed by atoms with Gasteiger partial charge in [-0.05, 0) is 5.92 Å². The third kappa shape index (κ3) is 2.55. The zero-order valence-corrected chi connectivity index (χ0v) is 7.74. The van der Waals surface area contributed by atoms with Gasteiger partial charge < -0.3 is 11.1 Å². The van der Waals surface area contributed by atoms with E-state index in [0.717, 1.165) is 0 Å². The maximum atomic E-state index is 11.4. The summed E-state index contributed by atoms with van der Waals surface area (Å²) in [6, 6.07) is -0.477. The predicted octanol–water partition coefficient (Wildman–Crippen LogP) is 0.331. The first-order valence-corrected chi connectivity index (χ1v) is 4.16. The van der Waals surface area contributed by atoms with Gasteiger partial charge in [-0.15, -0.1) is 0 Å². The Bertz CT molecular complexity index is 268. The van der Waals surface area contributed by atoms with Crippen molar-refractivity contribution >= 4 is 11.6 Å². The average molecular weight is 182 g/mol. The summed E-state index contributed by atoms with van der Waals surface area (Å²) in [5.74, 6) is -0.0525. The summed E-state index contributed by atoms with van der Waals surface area (Å²) in [5.41, 5.74) is 6.27. The fourth-order valence-corrected chi connectivity index (χ4v) is 0.848. The number of aromatic amines is 1. The Balaban J connectivity index is 2.51. The number of rotatable bonds is 3. The fraction of sp³-hybridized carbons (Fsp3) is 0.500. The highest BCUT2D eigenvalue weighted by Gasteiger charge is 2.17. The number of carbonyl (C=O) groups is 1. The number of anilines is 1. The molecule has 72 valence electrons. The van der Waals surface area contributed by atoms with Crippen LogP contribution in [-0.2, 0) is 4.79 Å². The van der Waals surface area contributed by atoms with Crippen molar-refractivity contribution in [3.05, 3.63) is 12.4 Å². The zero-order valence-electron chi connectivity index (χ0n) is 7.74. The minimum absolute atomic E-state index is 0.131. The van der Waals surface area contributed by atoms with Gasteiger partial charge in [0, 0.05) is 6.20 Å². The van der Waals surface area contributed by atoms with Crippen LogP contribution in [0.1, 0.15) is 13.8 Å². The highest BCUT2D eigenvalue weighted by atomic mass is 16.2. The molecule has 0 spiro atoms. The lowest BCUT2D eigenvalue weighted by molar-refractivity contribution is -0.118. The van der Waals surface area contributed by atoms with E-state index in [1.54, 1.807) is 6.20 Å². The molecule has 1 rings (SSSR count). The van der Waals surface area contributed by atoms with Crippen LogP contribution in [0.2, 0.25) is 0 Å². The normalized spacial score (nSPS) is 12.9. The molecule has 0 bridgehead atoms. The molecule has 0 radical (unpaired) electrons. The molecular weight excluding hydrogens is 168 g/mol. The summed E-state index contributed by atoms with van der Waals surface area (Å²) >= 11 is 0. The second-order valence-corrected chi connectivity index (χ2v) is 3.25. The van der Waals surface area contributed by atoms with Crippen LogP contribution < -0.4 is 11.1 Å². The molecule has 0 aliphatic rings. The van der Waals surface area contributed by atoms with Crippen molar-refractivity contribution in [1.29, 1.82) is 0 Å². The van der Waals surface area contributed by atoms with E-state index in [1.807, 2.05) is 13.8 Å². The van der Waals surface area contributed by atoms with Gasteiger partial charge in [-0.3, -0.25) is 9.89 Å². The molecule has 5 nitrogen and oxygen atoms in total. The number of amides is 1. The van der Waals surface area contributed by atoms with Crippen LogP contribution in [-0.4, -0.2) is 22.1 Å². The molecule has 0 aliphatic heterocycles. The highest BCUT2D eigenvalue weighted by Crippen LogP contribution is 2.05. The van der Waals surface area contributed by atoms with Crippen LogP contribution in [0.3, 0.4) is 0 Å². The Hall–Kier alpha value is -1.36. The lowest BCUT2D eigenvalue weighted by atomic mass is 10.1. The maximum absolute atomic E-state index is 11.4. The van der Waals surface area contributed by atoms with Crippen molar-refractivity contribution in [1.82, 2.24) is 10.2 Å². The fourth-order valence-electron chi connectivity index (χ4n) is 0.848. The van der Waals surface area contributed by atoms with Crippen molar-refractivity contribution in [2.75, 3.05) is 5.32 Å². The van der Waals surface area contributed by atoms with Gasteiger partial charge in [-0.1, -0.05) is 13.8 Å². The summed E-state index contributed by atoms with van der Waals surface area (Å²) in [5, 5.41) is 8.94. The van der Waals surface area contributed by atoms with E-state index in [9.17, 15) is 4.79 Å². The number of nitrogens with one attached hydrogen (secondary N) is 2. The maximum Gasteiger partial charge on any atom is 0.241 e. The van der Waals surface area contributed by atoms with Crippen molar-refractivity contribution < 1.29 is 4.79 Å². The Labute approximate surface area is 76.7 Å². The van der Waals surface area contributed by atoms with Crippen molar-refractivity contribution in [2.45, 2.75) is 19.9 Å². The molecule has 1 aromatic rings. The largest absolute Gasteiger partial charge is 0.322 e. The van der Waals surface area contributed by atoms with E-state index in [-0.39, 0.29) is 11.8 Å². The van der Waals surface area contributed by atoms with Crippen LogP contribution in [0.4, 0.5) is 5.69 Å². The van der Waals surface area contributed by atoms with Crippen molar-refractivity contribution in [2.24, 2.45) is 11.7 Å². The topological polar surface area (TPSA) is 83.8 Å². The third-order valence-electron chi connectivity index (χ3n) is 1.79. The molecule has 0 aromatic carbocycles. The number of H-pyrrole nitrogens is 1. The van der Waals surface area contributed by atoms with Gasteiger partial charge in [0.2, 0.25) is 5.91 Å². The first kappa shape index (κ1) is 9.73. The van der Waals surface area contributed by atoms with Crippen molar-refractivity contribution in [3.63, 3.8) is 0 Å². The molecule has 13 heavy (non-hydrogen) atoms. The molecule has 1 amide bonds. The lowest BCUT2D eigenvalue weighted by Crippen LogP contribution is -2.39. The predicted molar refractivity (Wildman–Crippen MR) is 50.0 cm³/mol. The smallest absolute Gasteiger partial charge is 0.241 e. The molecule has 0 saturated heterocycles. The van der Waals surface area contributed by atoms with E-state index < -0.39 is 6.04 Å². The number of hydrogen-bond acceptors (Lipinski definition) is 3. The summed E-state index contributed by atoms with van der Waals surface area (Å²) in [6.45, 7) is 3.80. The molecule has 4 N–H and O–H groups in total. The monoisotopic (exact) mass is 182 g/mol. The van der Waals surface area contributed by atoms with E-state index in [4.69, 9.17) is 5.73 Å². The van der Waals surface area contributed by atoms with E-state index >= 15 is 0 Å². The van der Waals surface area contributed by atoms with E-state index in [1.165, 1.54) is 6.20 Å². The standard InChI is InChI=1S/C8H14N4O/c1-5(2)7(9)8(13)12-6-3-10-11-4-6/h3-5,7H,9H2,1-2H3,(H,10,11)(H,12,13). The molecule has 1 atom stereocenters. The number of nitrogens with zero attached hydrogens (tertiary/aromatic N) is 1. The van der Waals surface area contributed by atoms with Crippen LogP contribution >= 0.6 is 0 Å². The molecule has 1 heterocycles. The van der Waals surface area contributed by atoms with Gasteiger partial charge >= 0.3 is 0 Å². The summed E-state index contributed by atoms with van der Waals surface area (Å²) < 4.78 is 0. The zero-order chi connectivity index (χ0) is 9.84. The minimum atomic E-state index is -0.477. The second-order valence-electron chi connectivity index (χ2n) is 3.25. The van der Waals surface area contributed by atoms with E-state index in [2.05, 4.69) is 15.5 Å². The number of hydrogen-bond donors (Lipinski definition) is 3.